The van der Waals surface area contributed by atoms with Crippen LogP contribution in [0.15, 0.2) is 60.7 Å². The molecule has 0 saturated heterocycles. The third-order valence-corrected chi connectivity index (χ3v) is 3.32. The zero-order chi connectivity index (χ0) is 14.1. The second-order valence-electron chi connectivity index (χ2n) is 4.54. The van der Waals surface area contributed by atoms with Gasteiger partial charge in [-0.25, -0.2) is 4.79 Å². The fourth-order valence-corrected chi connectivity index (χ4v) is 2.44. The van der Waals surface area contributed by atoms with E-state index in [4.69, 9.17) is 0 Å². The summed E-state index contributed by atoms with van der Waals surface area (Å²) in [5.74, 6) is -1.07. The van der Waals surface area contributed by atoms with E-state index in [9.17, 15) is 15.0 Å². The van der Waals surface area contributed by atoms with Crippen molar-refractivity contribution in [3.05, 3.63) is 66.2 Å². The Hall–Kier alpha value is -2.81. The van der Waals surface area contributed by atoms with E-state index in [0.717, 1.165) is 10.9 Å². The first-order chi connectivity index (χ1) is 9.68. The number of carbonyl (C=O) groups is 1. The van der Waals surface area contributed by atoms with Crippen molar-refractivity contribution in [2.75, 3.05) is 0 Å². The molecule has 0 bridgehead atoms. The molecule has 0 fully saturated rings. The number of phenols is 1. The van der Waals surface area contributed by atoms with Gasteiger partial charge in [-0.3, -0.25) is 0 Å². The Labute approximate surface area is 115 Å². The van der Waals surface area contributed by atoms with Gasteiger partial charge in [0, 0.05) is 10.9 Å². The van der Waals surface area contributed by atoms with E-state index in [0.29, 0.717) is 10.9 Å². The van der Waals surface area contributed by atoms with Crippen LogP contribution in [0.4, 0.5) is 0 Å². The first-order valence-electron chi connectivity index (χ1n) is 6.22. The normalized spacial score (nSPS) is 10.6. The summed E-state index contributed by atoms with van der Waals surface area (Å²) in [5.41, 5.74) is 1.56. The predicted octanol–water partition coefficient (Wildman–Crippen LogP) is 3.91. The number of benzene rings is 3. The largest absolute Gasteiger partial charge is 0.507 e. The van der Waals surface area contributed by atoms with Crippen LogP contribution in [-0.4, -0.2) is 16.2 Å². The average Bonchev–Trinajstić information content (AvgIpc) is 2.48. The Morgan fingerprint density at radius 2 is 1.45 bits per heavy atom. The smallest absolute Gasteiger partial charge is 0.336 e. The standard InChI is InChI=1S/C17H12O3/c18-15-10-14(17(19)20)16(11-6-2-1-3-7-11)13-9-5-4-8-12(13)15/h1-10,18H,(H,19,20). The zero-order valence-corrected chi connectivity index (χ0v) is 10.6. The van der Waals surface area contributed by atoms with Crippen LogP contribution in [-0.2, 0) is 0 Å². The Morgan fingerprint density at radius 1 is 0.850 bits per heavy atom. The molecule has 3 aromatic carbocycles. The number of carboxylic acids is 1. The summed E-state index contributed by atoms with van der Waals surface area (Å²) in [5, 5.41) is 20.8. The number of rotatable bonds is 2. The van der Waals surface area contributed by atoms with Crippen LogP contribution in [0.1, 0.15) is 10.4 Å². The fraction of sp³-hybridized carbons (Fsp3) is 0. The minimum absolute atomic E-state index is 0.0160. The Bertz CT molecular complexity index is 792. The van der Waals surface area contributed by atoms with Crippen LogP contribution in [0, 0.1) is 0 Å². The number of hydrogen-bond acceptors (Lipinski definition) is 2. The van der Waals surface area contributed by atoms with Gasteiger partial charge < -0.3 is 10.2 Å². The molecule has 98 valence electrons. The highest BCUT2D eigenvalue weighted by Gasteiger charge is 2.17. The lowest BCUT2D eigenvalue weighted by atomic mass is 9.93. The number of phenolic OH excluding ortho intramolecular Hbond substituents is 1. The summed E-state index contributed by atoms with van der Waals surface area (Å²) in [4.78, 5) is 11.5. The predicted molar refractivity (Wildman–Crippen MR) is 78.0 cm³/mol. The van der Waals surface area contributed by atoms with E-state index in [1.54, 1.807) is 6.07 Å². The third kappa shape index (κ3) is 1.89. The lowest BCUT2D eigenvalue weighted by Crippen LogP contribution is -2.00. The van der Waals surface area contributed by atoms with Crippen LogP contribution in [0.5, 0.6) is 5.75 Å². The number of hydrogen-bond donors (Lipinski definition) is 2. The molecule has 0 heterocycles. The van der Waals surface area contributed by atoms with Crippen LogP contribution in [0.3, 0.4) is 0 Å². The molecular formula is C17H12O3. The molecule has 0 aliphatic carbocycles. The zero-order valence-electron chi connectivity index (χ0n) is 10.6. The molecule has 3 heteroatoms. The van der Waals surface area contributed by atoms with Gasteiger partial charge in [-0.2, -0.15) is 0 Å². The topological polar surface area (TPSA) is 57.5 Å². The molecule has 3 rings (SSSR count). The van der Waals surface area contributed by atoms with Crippen molar-refractivity contribution in [3.8, 4) is 16.9 Å². The van der Waals surface area contributed by atoms with Gasteiger partial charge in [-0.1, -0.05) is 54.6 Å². The van der Waals surface area contributed by atoms with Crippen LogP contribution in [0.25, 0.3) is 21.9 Å². The molecule has 3 nitrogen and oxygen atoms in total. The molecule has 0 aromatic heterocycles. The Morgan fingerprint density at radius 3 is 2.10 bits per heavy atom. The molecule has 0 aliphatic heterocycles. The molecule has 0 unspecified atom stereocenters. The minimum atomic E-state index is -1.05. The minimum Gasteiger partial charge on any atom is -0.507 e. The highest BCUT2D eigenvalue weighted by Crippen LogP contribution is 2.37. The summed E-state index contributed by atoms with van der Waals surface area (Å²) in [6.45, 7) is 0. The van der Waals surface area contributed by atoms with Crippen molar-refractivity contribution in [1.82, 2.24) is 0 Å². The number of aromatic carboxylic acids is 1. The molecule has 0 radical (unpaired) electrons. The van der Waals surface area contributed by atoms with Crippen LogP contribution < -0.4 is 0 Å². The van der Waals surface area contributed by atoms with E-state index in [1.807, 2.05) is 48.5 Å². The monoisotopic (exact) mass is 264 g/mol. The van der Waals surface area contributed by atoms with Gasteiger partial charge in [-0.15, -0.1) is 0 Å². The lowest BCUT2D eigenvalue weighted by molar-refractivity contribution is 0.0697. The van der Waals surface area contributed by atoms with E-state index < -0.39 is 5.97 Å². The molecule has 0 amide bonds. The quantitative estimate of drug-likeness (QED) is 0.737. The molecule has 0 spiro atoms. The number of aromatic hydroxyl groups is 1. The SMILES string of the molecule is O=C(O)c1cc(O)c2ccccc2c1-c1ccccc1. The van der Waals surface area contributed by atoms with Gasteiger partial charge in [0.2, 0.25) is 0 Å². The Kier molecular flexibility index (Phi) is 2.88. The van der Waals surface area contributed by atoms with Gasteiger partial charge in [0.1, 0.15) is 5.75 Å². The van der Waals surface area contributed by atoms with Crippen molar-refractivity contribution >= 4 is 16.7 Å². The number of fused-ring (bicyclic) bond motifs is 1. The molecule has 3 aromatic rings. The summed E-state index contributed by atoms with van der Waals surface area (Å²) < 4.78 is 0. The van der Waals surface area contributed by atoms with E-state index in [-0.39, 0.29) is 11.3 Å². The first kappa shape index (κ1) is 12.2. The molecule has 2 N–H and O–H groups in total. The lowest BCUT2D eigenvalue weighted by Gasteiger charge is -2.12. The second kappa shape index (κ2) is 4.70. The molecule has 0 saturated carbocycles. The van der Waals surface area contributed by atoms with Crippen molar-refractivity contribution in [2.24, 2.45) is 0 Å². The van der Waals surface area contributed by atoms with Crippen molar-refractivity contribution in [2.45, 2.75) is 0 Å². The van der Waals surface area contributed by atoms with E-state index in [2.05, 4.69) is 0 Å². The molecule has 0 aliphatic rings. The van der Waals surface area contributed by atoms with E-state index in [1.165, 1.54) is 6.07 Å². The third-order valence-electron chi connectivity index (χ3n) is 3.32. The van der Waals surface area contributed by atoms with Crippen molar-refractivity contribution in [3.63, 3.8) is 0 Å². The molecule has 20 heavy (non-hydrogen) atoms. The van der Waals surface area contributed by atoms with Crippen LogP contribution >= 0.6 is 0 Å². The maximum atomic E-state index is 11.5. The fourth-order valence-electron chi connectivity index (χ4n) is 2.44. The second-order valence-corrected chi connectivity index (χ2v) is 4.54. The first-order valence-corrected chi connectivity index (χ1v) is 6.22. The summed E-state index contributed by atoms with van der Waals surface area (Å²) >= 11 is 0. The summed E-state index contributed by atoms with van der Waals surface area (Å²) in [6, 6.07) is 17.9. The van der Waals surface area contributed by atoms with Gasteiger partial charge in [0.25, 0.3) is 0 Å². The highest BCUT2D eigenvalue weighted by molar-refractivity contribution is 6.09. The molecule has 0 atom stereocenters. The van der Waals surface area contributed by atoms with E-state index >= 15 is 0 Å². The van der Waals surface area contributed by atoms with Gasteiger partial charge >= 0.3 is 5.97 Å². The van der Waals surface area contributed by atoms with Crippen molar-refractivity contribution < 1.29 is 15.0 Å². The van der Waals surface area contributed by atoms with Gasteiger partial charge in [0.05, 0.1) is 5.56 Å². The Balaban J connectivity index is 2.47. The maximum Gasteiger partial charge on any atom is 0.336 e. The van der Waals surface area contributed by atoms with Gasteiger partial charge in [0.15, 0.2) is 0 Å². The van der Waals surface area contributed by atoms with Gasteiger partial charge in [-0.05, 0) is 17.0 Å². The summed E-state index contributed by atoms with van der Waals surface area (Å²) in [6.07, 6.45) is 0. The van der Waals surface area contributed by atoms with Crippen molar-refractivity contribution in [1.29, 1.82) is 0 Å². The molecular weight excluding hydrogens is 252 g/mol. The highest BCUT2D eigenvalue weighted by atomic mass is 16.4. The number of carboxylic acid groups (broad SMARTS) is 1. The average molecular weight is 264 g/mol. The maximum absolute atomic E-state index is 11.5. The van der Waals surface area contributed by atoms with Crippen LogP contribution in [0.2, 0.25) is 0 Å². The summed E-state index contributed by atoms with van der Waals surface area (Å²) in [7, 11) is 0.